The molecule has 1 amide bonds. The Hall–Kier alpha value is -1.61. The molecule has 0 aromatic heterocycles. The average molecular weight is 287 g/mol. The summed E-state index contributed by atoms with van der Waals surface area (Å²) in [5, 5.41) is 0. The molecule has 1 aromatic carbocycles. The Kier molecular flexibility index (Phi) is 5.57. The van der Waals surface area contributed by atoms with E-state index in [4.69, 9.17) is 4.74 Å². The number of hydrogen-bond donors (Lipinski definition) is 0. The van der Waals surface area contributed by atoms with Crippen LogP contribution in [-0.4, -0.2) is 36.6 Å². The molecule has 3 heteroatoms. The highest BCUT2D eigenvalue weighted by Crippen LogP contribution is 2.22. The van der Waals surface area contributed by atoms with Gasteiger partial charge in [-0.15, -0.1) is 6.58 Å². The van der Waals surface area contributed by atoms with Crippen molar-refractivity contribution in [3.8, 4) is 0 Å². The second-order valence-corrected chi connectivity index (χ2v) is 5.90. The average Bonchev–Trinajstić information content (AvgIpc) is 2.95. The van der Waals surface area contributed by atoms with Crippen LogP contribution in [0.4, 0.5) is 0 Å². The summed E-state index contributed by atoms with van der Waals surface area (Å²) in [5.74, 6) is 0.607. The van der Waals surface area contributed by atoms with Gasteiger partial charge in [-0.1, -0.05) is 32.1 Å². The minimum absolute atomic E-state index is 0.120. The molecule has 0 radical (unpaired) electrons. The molecule has 114 valence electrons. The third-order valence-electron chi connectivity index (χ3n) is 4.01. The Labute approximate surface area is 127 Å². The van der Waals surface area contributed by atoms with Gasteiger partial charge < -0.3 is 9.64 Å². The Morgan fingerprint density at radius 2 is 2.14 bits per heavy atom. The van der Waals surface area contributed by atoms with E-state index in [1.165, 1.54) is 5.56 Å². The number of likely N-dealkylation sites (tertiary alicyclic amines) is 1. The minimum Gasteiger partial charge on any atom is -0.375 e. The summed E-state index contributed by atoms with van der Waals surface area (Å²) in [6.07, 6.45) is 3.82. The highest BCUT2D eigenvalue weighted by molar-refractivity contribution is 5.94. The molecule has 1 fully saturated rings. The molecule has 1 atom stereocenters. The number of nitrogens with zero attached hydrogens (tertiary/aromatic N) is 1. The molecule has 1 saturated heterocycles. The zero-order chi connectivity index (χ0) is 15.2. The van der Waals surface area contributed by atoms with E-state index in [1.807, 2.05) is 17.0 Å². The number of carbonyl (C=O) groups is 1. The van der Waals surface area contributed by atoms with Gasteiger partial charge in [0.1, 0.15) is 0 Å². The summed E-state index contributed by atoms with van der Waals surface area (Å²) in [4.78, 5) is 14.6. The fourth-order valence-corrected chi connectivity index (χ4v) is 2.74. The van der Waals surface area contributed by atoms with Crippen molar-refractivity contribution in [2.45, 2.75) is 38.6 Å². The zero-order valence-corrected chi connectivity index (χ0v) is 13.0. The predicted molar refractivity (Wildman–Crippen MR) is 85.6 cm³/mol. The van der Waals surface area contributed by atoms with Crippen LogP contribution in [0.25, 0.3) is 0 Å². The van der Waals surface area contributed by atoms with Gasteiger partial charge in [-0.25, -0.2) is 0 Å². The molecule has 1 aromatic rings. The maximum absolute atomic E-state index is 12.6. The number of rotatable bonds is 6. The van der Waals surface area contributed by atoms with E-state index >= 15 is 0 Å². The molecular formula is C18H25NO2. The van der Waals surface area contributed by atoms with Crippen LogP contribution in [0.5, 0.6) is 0 Å². The van der Waals surface area contributed by atoms with Gasteiger partial charge in [-0.3, -0.25) is 4.79 Å². The highest BCUT2D eigenvalue weighted by Gasteiger charge is 2.29. The van der Waals surface area contributed by atoms with Crippen molar-refractivity contribution in [2.24, 2.45) is 0 Å². The number of carbonyl (C=O) groups excluding carboxylic acids is 1. The van der Waals surface area contributed by atoms with Crippen LogP contribution in [-0.2, 0) is 4.74 Å². The Bertz CT molecular complexity index is 478. The van der Waals surface area contributed by atoms with Crippen LogP contribution in [0, 0.1) is 0 Å². The maximum Gasteiger partial charge on any atom is 0.254 e. The van der Waals surface area contributed by atoms with Crippen LogP contribution in [0.1, 0.15) is 48.5 Å². The second-order valence-electron chi connectivity index (χ2n) is 5.90. The first-order valence-corrected chi connectivity index (χ1v) is 7.73. The SMILES string of the molecule is C=CCOC[C@@H]1CCCN1C(=O)c1ccc(C(C)C)cc1. The van der Waals surface area contributed by atoms with Crippen LogP contribution >= 0.6 is 0 Å². The zero-order valence-electron chi connectivity index (χ0n) is 13.0. The molecule has 0 bridgehead atoms. The van der Waals surface area contributed by atoms with Gasteiger partial charge in [0, 0.05) is 12.1 Å². The molecule has 0 spiro atoms. The Morgan fingerprint density at radius 1 is 1.43 bits per heavy atom. The normalized spacial score (nSPS) is 18.2. The van der Waals surface area contributed by atoms with Gasteiger partial charge in [-0.05, 0) is 36.5 Å². The first kappa shape index (κ1) is 15.8. The van der Waals surface area contributed by atoms with Gasteiger partial charge >= 0.3 is 0 Å². The second kappa shape index (κ2) is 7.41. The highest BCUT2D eigenvalue weighted by atomic mass is 16.5. The molecule has 0 saturated carbocycles. The quantitative estimate of drug-likeness (QED) is 0.591. The van der Waals surface area contributed by atoms with Crippen molar-refractivity contribution < 1.29 is 9.53 Å². The Balaban J connectivity index is 2.02. The van der Waals surface area contributed by atoms with Crippen molar-refractivity contribution in [1.82, 2.24) is 4.90 Å². The van der Waals surface area contributed by atoms with Gasteiger partial charge in [0.2, 0.25) is 0 Å². The van der Waals surface area contributed by atoms with Gasteiger partial charge in [0.25, 0.3) is 5.91 Å². The van der Waals surface area contributed by atoms with Crippen LogP contribution in [0.15, 0.2) is 36.9 Å². The molecule has 1 aliphatic rings. The van der Waals surface area contributed by atoms with E-state index in [0.717, 1.165) is 24.9 Å². The molecule has 2 rings (SSSR count). The number of hydrogen-bond acceptors (Lipinski definition) is 2. The summed E-state index contributed by atoms with van der Waals surface area (Å²) in [7, 11) is 0. The van der Waals surface area contributed by atoms with Crippen molar-refractivity contribution in [3.05, 3.63) is 48.0 Å². The van der Waals surface area contributed by atoms with Crippen LogP contribution < -0.4 is 0 Å². The molecule has 0 unspecified atom stereocenters. The molecule has 0 aliphatic carbocycles. The number of amides is 1. The molecule has 21 heavy (non-hydrogen) atoms. The van der Waals surface area contributed by atoms with Crippen molar-refractivity contribution >= 4 is 5.91 Å². The van der Waals surface area contributed by atoms with E-state index in [1.54, 1.807) is 6.08 Å². The third-order valence-corrected chi connectivity index (χ3v) is 4.01. The summed E-state index contributed by atoms with van der Waals surface area (Å²) in [5.41, 5.74) is 2.04. The molecule has 1 heterocycles. The van der Waals surface area contributed by atoms with Gasteiger partial charge in [0.15, 0.2) is 0 Å². The largest absolute Gasteiger partial charge is 0.375 e. The minimum atomic E-state index is 0.120. The third kappa shape index (κ3) is 3.94. The summed E-state index contributed by atoms with van der Waals surface area (Å²) < 4.78 is 5.52. The molecule has 1 aliphatic heterocycles. The summed E-state index contributed by atoms with van der Waals surface area (Å²) >= 11 is 0. The van der Waals surface area contributed by atoms with E-state index in [0.29, 0.717) is 19.1 Å². The lowest BCUT2D eigenvalue weighted by molar-refractivity contribution is 0.0589. The first-order chi connectivity index (χ1) is 10.1. The lowest BCUT2D eigenvalue weighted by atomic mass is 10.0. The lowest BCUT2D eigenvalue weighted by Gasteiger charge is -2.24. The van der Waals surface area contributed by atoms with E-state index in [2.05, 4.69) is 32.6 Å². The van der Waals surface area contributed by atoms with E-state index < -0.39 is 0 Å². The Morgan fingerprint density at radius 3 is 2.76 bits per heavy atom. The topological polar surface area (TPSA) is 29.5 Å². The van der Waals surface area contributed by atoms with Crippen molar-refractivity contribution in [2.75, 3.05) is 19.8 Å². The lowest BCUT2D eigenvalue weighted by Crippen LogP contribution is -2.38. The van der Waals surface area contributed by atoms with E-state index in [-0.39, 0.29) is 11.9 Å². The number of benzene rings is 1. The maximum atomic E-state index is 12.6. The molecule has 0 N–H and O–H groups in total. The smallest absolute Gasteiger partial charge is 0.254 e. The standard InChI is InChI=1S/C18H25NO2/c1-4-12-21-13-17-6-5-11-19(17)18(20)16-9-7-15(8-10-16)14(2)3/h4,7-10,14,17H,1,5-6,11-13H2,2-3H3/t17-/m0/s1. The van der Waals surface area contributed by atoms with Gasteiger partial charge in [0.05, 0.1) is 19.3 Å². The van der Waals surface area contributed by atoms with Crippen molar-refractivity contribution in [3.63, 3.8) is 0 Å². The summed E-state index contributed by atoms with van der Waals surface area (Å²) in [6.45, 7) is 9.93. The molecule has 3 nitrogen and oxygen atoms in total. The number of ether oxygens (including phenoxy) is 1. The fourth-order valence-electron chi connectivity index (χ4n) is 2.74. The van der Waals surface area contributed by atoms with Crippen molar-refractivity contribution in [1.29, 1.82) is 0 Å². The monoisotopic (exact) mass is 287 g/mol. The van der Waals surface area contributed by atoms with Crippen LogP contribution in [0.3, 0.4) is 0 Å². The predicted octanol–water partition coefficient (Wildman–Crippen LogP) is 3.62. The summed E-state index contributed by atoms with van der Waals surface area (Å²) in [6, 6.07) is 8.19. The van der Waals surface area contributed by atoms with Crippen LogP contribution in [0.2, 0.25) is 0 Å². The van der Waals surface area contributed by atoms with E-state index in [9.17, 15) is 4.79 Å². The first-order valence-electron chi connectivity index (χ1n) is 7.73. The molecular weight excluding hydrogens is 262 g/mol. The van der Waals surface area contributed by atoms with Gasteiger partial charge in [-0.2, -0.15) is 0 Å². The fraction of sp³-hybridized carbons (Fsp3) is 0.500.